The van der Waals surface area contributed by atoms with Gasteiger partial charge in [-0.05, 0) is 31.2 Å². The molecule has 6 nitrogen and oxygen atoms in total. The number of hydrogen-bond donors (Lipinski definition) is 3. The zero-order valence-corrected chi connectivity index (χ0v) is 14.8. The first-order valence-electron chi connectivity index (χ1n) is 7.55. The predicted molar refractivity (Wildman–Crippen MR) is 101 cm³/mol. The van der Waals surface area contributed by atoms with Gasteiger partial charge in [-0.15, -0.1) is 0 Å². The quantitative estimate of drug-likeness (QED) is 0.559. The molecule has 0 bridgehead atoms. The van der Waals surface area contributed by atoms with Crippen LogP contribution < -0.4 is 10.6 Å². The van der Waals surface area contributed by atoms with E-state index >= 15 is 0 Å². The summed E-state index contributed by atoms with van der Waals surface area (Å²) in [6, 6.07) is 8.70. The van der Waals surface area contributed by atoms with Crippen molar-refractivity contribution in [2.45, 2.75) is 6.92 Å². The normalized spacial score (nSPS) is 10.5. The van der Waals surface area contributed by atoms with Gasteiger partial charge in [0.1, 0.15) is 5.82 Å². The standard InChI is InChI=1S/C17H15Cl2N5O/c1-2-21-17-23-14(10-4-3-5-20-9-10)8-15(24-17)22-11-6-12(18)16(25)13(19)7-11/h3-9,25H,2H2,1H3,(H2,21,22,23,24). The molecule has 0 radical (unpaired) electrons. The van der Waals surface area contributed by atoms with E-state index in [1.165, 1.54) is 0 Å². The van der Waals surface area contributed by atoms with Crippen molar-refractivity contribution >= 4 is 40.7 Å². The van der Waals surface area contributed by atoms with E-state index in [-0.39, 0.29) is 15.8 Å². The van der Waals surface area contributed by atoms with Gasteiger partial charge in [0.15, 0.2) is 5.75 Å². The number of aromatic nitrogens is 3. The first kappa shape index (κ1) is 17.3. The highest BCUT2D eigenvalue weighted by molar-refractivity contribution is 6.37. The minimum absolute atomic E-state index is 0.152. The third-order valence-electron chi connectivity index (χ3n) is 3.31. The minimum atomic E-state index is -0.152. The lowest BCUT2D eigenvalue weighted by Crippen LogP contribution is -2.05. The Bertz CT molecular complexity index is 866. The molecule has 2 aromatic heterocycles. The monoisotopic (exact) mass is 375 g/mol. The summed E-state index contributed by atoms with van der Waals surface area (Å²) >= 11 is 11.9. The number of nitrogens with zero attached hydrogens (tertiary/aromatic N) is 3. The van der Waals surface area contributed by atoms with Crippen molar-refractivity contribution in [3.8, 4) is 17.0 Å². The highest BCUT2D eigenvalue weighted by atomic mass is 35.5. The smallest absolute Gasteiger partial charge is 0.225 e. The number of anilines is 3. The number of benzene rings is 1. The van der Waals surface area contributed by atoms with Crippen LogP contribution in [0.1, 0.15) is 6.92 Å². The number of hydrogen-bond acceptors (Lipinski definition) is 6. The van der Waals surface area contributed by atoms with Crippen LogP contribution in [0.25, 0.3) is 11.3 Å². The molecular formula is C17H15Cl2N5O. The lowest BCUT2D eigenvalue weighted by molar-refractivity contribution is 0.476. The fourth-order valence-electron chi connectivity index (χ4n) is 2.20. The number of aromatic hydroxyl groups is 1. The summed E-state index contributed by atoms with van der Waals surface area (Å²) in [5.41, 5.74) is 2.19. The van der Waals surface area contributed by atoms with Crippen LogP contribution in [0.2, 0.25) is 10.0 Å². The van der Waals surface area contributed by atoms with Crippen LogP contribution >= 0.6 is 23.2 Å². The van der Waals surface area contributed by atoms with E-state index in [1.807, 2.05) is 19.1 Å². The summed E-state index contributed by atoms with van der Waals surface area (Å²) in [5, 5.41) is 16.2. The van der Waals surface area contributed by atoms with Crippen molar-refractivity contribution in [3.63, 3.8) is 0 Å². The van der Waals surface area contributed by atoms with Crippen molar-refractivity contribution in [1.29, 1.82) is 0 Å². The zero-order valence-electron chi connectivity index (χ0n) is 13.3. The second-order valence-electron chi connectivity index (χ2n) is 5.15. The molecule has 3 N–H and O–H groups in total. The molecule has 0 saturated heterocycles. The van der Waals surface area contributed by atoms with E-state index in [0.29, 0.717) is 24.0 Å². The Hall–Kier alpha value is -2.57. The van der Waals surface area contributed by atoms with Crippen molar-refractivity contribution in [1.82, 2.24) is 15.0 Å². The Balaban J connectivity index is 1.99. The van der Waals surface area contributed by atoms with Crippen LogP contribution in [-0.4, -0.2) is 26.6 Å². The van der Waals surface area contributed by atoms with Crippen LogP contribution in [0.5, 0.6) is 5.75 Å². The maximum atomic E-state index is 9.67. The molecule has 0 amide bonds. The Morgan fingerprint density at radius 3 is 2.52 bits per heavy atom. The molecule has 128 valence electrons. The fourth-order valence-corrected chi connectivity index (χ4v) is 2.68. The minimum Gasteiger partial charge on any atom is -0.505 e. The maximum Gasteiger partial charge on any atom is 0.225 e. The molecule has 0 aliphatic rings. The van der Waals surface area contributed by atoms with Gasteiger partial charge in [-0.3, -0.25) is 4.98 Å². The number of pyridine rings is 1. The van der Waals surface area contributed by atoms with Crippen molar-refractivity contribution in [2.75, 3.05) is 17.2 Å². The molecule has 2 heterocycles. The SMILES string of the molecule is CCNc1nc(Nc2cc(Cl)c(O)c(Cl)c2)cc(-c2cccnc2)n1. The Labute approximate surface area is 154 Å². The highest BCUT2D eigenvalue weighted by Gasteiger charge is 2.10. The highest BCUT2D eigenvalue weighted by Crippen LogP contribution is 2.35. The van der Waals surface area contributed by atoms with Crippen molar-refractivity contribution in [3.05, 3.63) is 52.8 Å². The van der Waals surface area contributed by atoms with Crippen LogP contribution in [0.3, 0.4) is 0 Å². The molecule has 0 unspecified atom stereocenters. The second kappa shape index (κ2) is 7.55. The van der Waals surface area contributed by atoms with Gasteiger partial charge in [0.2, 0.25) is 5.95 Å². The molecule has 1 aromatic carbocycles. The third-order valence-corrected chi connectivity index (χ3v) is 3.88. The summed E-state index contributed by atoms with van der Waals surface area (Å²) in [4.78, 5) is 13.0. The molecule has 0 fully saturated rings. The van der Waals surface area contributed by atoms with Gasteiger partial charge in [-0.2, -0.15) is 4.98 Å². The van der Waals surface area contributed by atoms with Gasteiger partial charge < -0.3 is 15.7 Å². The lowest BCUT2D eigenvalue weighted by Gasteiger charge is -2.12. The van der Waals surface area contributed by atoms with Gasteiger partial charge in [-0.25, -0.2) is 4.98 Å². The largest absolute Gasteiger partial charge is 0.505 e. The van der Waals surface area contributed by atoms with Crippen LogP contribution in [-0.2, 0) is 0 Å². The summed E-state index contributed by atoms with van der Waals surface area (Å²) in [5.74, 6) is 0.894. The first-order valence-corrected chi connectivity index (χ1v) is 8.31. The average molecular weight is 376 g/mol. The first-order chi connectivity index (χ1) is 12.1. The zero-order chi connectivity index (χ0) is 17.8. The third kappa shape index (κ3) is 4.10. The van der Waals surface area contributed by atoms with E-state index in [9.17, 15) is 5.11 Å². The average Bonchev–Trinajstić information content (AvgIpc) is 2.60. The van der Waals surface area contributed by atoms with Crippen LogP contribution in [0, 0.1) is 0 Å². The number of phenols is 1. The molecule has 0 aliphatic heterocycles. The molecule has 0 atom stereocenters. The van der Waals surface area contributed by atoms with E-state index in [0.717, 1.165) is 11.3 Å². The van der Waals surface area contributed by atoms with Crippen LogP contribution in [0.4, 0.5) is 17.5 Å². The second-order valence-corrected chi connectivity index (χ2v) is 5.96. The maximum absolute atomic E-state index is 9.67. The van der Waals surface area contributed by atoms with Gasteiger partial charge in [0.05, 0.1) is 15.7 Å². The predicted octanol–water partition coefficient (Wildman–Crippen LogP) is 4.73. The number of phenolic OH excluding ortho intramolecular Hbond substituents is 1. The molecule has 0 aliphatic carbocycles. The fraction of sp³-hybridized carbons (Fsp3) is 0.118. The Morgan fingerprint density at radius 2 is 1.88 bits per heavy atom. The molecular weight excluding hydrogens is 361 g/mol. The Morgan fingerprint density at radius 1 is 1.12 bits per heavy atom. The van der Waals surface area contributed by atoms with Gasteiger partial charge in [0, 0.05) is 36.3 Å². The molecule has 0 saturated carbocycles. The van der Waals surface area contributed by atoms with E-state index in [4.69, 9.17) is 23.2 Å². The Kier molecular flexibility index (Phi) is 5.21. The summed E-state index contributed by atoms with van der Waals surface area (Å²) in [6.07, 6.45) is 3.44. The summed E-state index contributed by atoms with van der Waals surface area (Å²) < 4.78 is 0. The number of halogens is 2. The summed E-state index contributed by atoms with van der Waals surface area (Å²) in [7, 11) is 0. The van der Waals surface area contributed by atoms with Crippen molar-refractivity contribution in [2.24, 2.45) is 0 Å². The molecule has 3 aromatic rings. The van der Waals surface area contributed by atoms with E-state index in [2.05, 4.69) is 25.6 Å². The lowest BCUT2D eigenvalue weighted by atomic mass is 10.2. The molecule has 3 rings (SSSR count). The topological polar surface area (TPSA) is 83.0 Å². The molecule has 0 spiro atoms. The summed E-state index contributed by atoms with van der Waals surface area (Å²) in [6.45, 7) is 2.65. The van der Waals surface area contributed by atoms with Gasteiger partial charge in [0.25, 0.3) is 0 Å². The van der Waals surface area contributed by atoms with Gasteiger partial charge >= 0.3 is 0 Å². The van der Waals surface area contributed by atoms with Crippen LogP contribution in [0.15, 0.2) is 42.7 Å². The number of nitrogens with one attached hydrogen (secondary N) is 2. The van der Waals surface area contributed by atoms with Crippen molar-refractivity contribution < 1.29 is 5.11 Å². The van der Waals surface area contributed by atoms with E-state index in [1.54, 1.807) is 30.6 Å². The molecule has 8 heteroatoms. The van der Waals surface area contributed by atoms with E-state index < -0.39 is 0 Å². The van der Waals surface area contributed by atoms with Gasteiger partial charge in [-0.1, -0.05) is 23.2 Å². The number of rotatable bonds is 5. The molecule has 25 heavy (non-hydrogen) atoms.